The summed E-state index contributed by atoms with van der Waals surface area (Å²) in [5.41, 5.74) is 2.56. The smallest absolute Gasteiger partial charge is 0.255 e. The highest BCUT2D eigenvalue weighted by Crippen LogP contribution is 2.25. The first kappa shape index (κ1) is 23.1. The van der Waals surface area contributed by atoms with Gasteiger partial charge in [0.1, 0.15) is 0 Å². The molecule has 1 fully saturated rings. The van der Waals surface area contributed by atoms with Gasteiger partial charge < -0.3 is 10.2 Å². The maximum atomic E-state index is 13.1. The number of aromatic nitrogens is 1. The quantitative estimate of drug-likeness (QED) is 0.599. The van der Waals surface area contributed by atoms with E-state index in [1.165, 1.54) is 23.4 Å². The summed E-state index contributed by atoms with van der Waals surface area (Å²) >= 11 is 1.55. The summed E-state index contributed by atoms with van der Waals surface area (Å²) in [7, 11) is -3.77. The molecule has 1 aliphatic heterocycles. The van der Waals surface area contributed by atoms with E-state index in [-0.39, 0.29) is 29.5 Å². The zero-order valence-electron chi connectivity index (χ0n) is 18.3. The normalized spacial score (nSPS) is 14.8. The van der Waals surface area contributed by atoms with Crippen LogP contribution in [0.2, 0.25) is 0 Å². The third kappa shape index (κ3) is 5.13. The van der Waals surface area contributed by atoms with Gasteiger partial charge >= 0.3 is 0 Å². The molecular weight excluding hydrogens is 460 g/mol. The molecule has 0 bridgehead atoms. The van der Waals surface area contributed by atoms with E-state index in [1.54, 1.807) is 34.4 Å². The molecular formula is C23H24N4O4S2. The summed E-state index contributed by atoms with van der Waals surface area (Å²) in [6, 6.07) is 13.4. The number of carbonyl (C=O) groups is 2. The maximum Gasteiger partial charge on any atom is 0.255 e. The Kier molecular flexibility index (Phi) is 6.59. The Bertz CT molecular complexity index is 1300. The summed E-state index contributed by atoms with van der Waals surface area (Å²) in [5.74, 6) is -0.472. The lowest BCUT2D eigenvalue weighted by atomic mass is 10.1. The van der Waals surface area contributed by atoms with E-state index in [4.69, 9.17) is 0 Å². The van der Waals surface area contributed by atoms with Crippen molar-refractivity contribution < 1.29 is 18.0 Å². The number of carbonyl (C=O) groups excluding carboxylic acids is 2. The molecule has 3 aromatic rings. The largest absolute Gasteiger partial charge is 0.340 e. The molecule has 172 valence electrons. The minimum absolute atomic E-state index is 0.0538. The highest BCUT2D eigenvalue weighted by Gasteiger charge is 2.29. The minimum atomic E-state index is -3.77. The molecule has 0 unspecified atom stereocenters. The van der Waals surface area contributed by atoms with E-state index in [9.17, 15) is 18.0 Å². The Balaban J connectivity index is 1.50. The Morgan fingerprint density at radius 1 is 1.03 bits per heavy atom. The number of anilines is 1. The highest BCUT2D eigenvalue weighted by molar-refractivity contribution is 7.89. The Morgan fingerprint density at radius 3 is 2.42 bits per heavy atom. The first-order chi connectivity index (χ1) is 15.7. The van der Waals surface area contributed by atoms with Crippen molar-refractivity contribution in [3.05, 3.63) is 64.5 Å². The fourth-order valence-corrected chi connectivity index (χ4v) is 5.74. The molecule has 0 aliphatic carbocycles. The number of thiazole rings is 1. The van der Waals surface area contributed by atoms with Crippen LogP contribution in [0, 0.1) is 6.92 Å². The number of hydrogen-bond acceptors (Lipinski definition) is 6. The number of aryl methyl sites for hydroxylation is 1. The lowest BCUT2D eigenvalue weighted by Gasteiger charge is -2.33. The van der Waals surface area contributed by atoms with Gasteiger partial charge in [0.25, 0.3) is 5.91 Å². The van der Waals surface area contributed by atoms with Crippen molar-refractivity contribution in [2.45, 2.75) is 18.7 Å². The molecule has 1 N–H and O–H groups in total. The molecule has 10 heteroatoms. The van der Waals surface area contributed by atoms with Gasteiger partial charge in [-0.3, -0.25) is 9.59 Å². The minimum Gasteiger partial charge on any atom is -0.340 e. The number of nitrogens with one attached hydrogen (secondary N) is 1. The van der Waals surface area contributed by atoms with E-state index in [2.05, 4.69) is 10.3 Å². The third-order valence-electron chi connectivity index (χ3n) is 5.45. The second-order valence-corrected chi connectivity index (χ2v) is 10.7. The second kappa shape index (κ2) is 9.42. The average molecular weight is 485 g/mol. The van der Waals surface area contributed by atoms with E-state index in [0.29, 0.717) is 18.8 Å². The highest BCUT2D eigenvalue weighted by atomic mass is 32.2. The summed E-state index contributed by atoms with van der Waals surface area (Å²) in [6.07, 6.45) is 0. The van der Waals surface area contributed by atoms with Crippen LogP contribution in [0.1, 0.15) is 22.3 Å². The molecule has 0 saturated carbocycles. The number of amides is 2. The zero-order valence-corrected chi connectivity index (χ0v) is 19.9. The molecule has 1 saturated heterocycles. The fraction of sp³-hybridized carbons (Fsp3) is 0.261. The molecule has 0 atom stereocenters. The van der Waals surface area contributed by atoms with Crippen LogP contribution < -0.4 is 5.32 Å². The maximum absolute atomic E-state index is 13.1. The molecule has 33 heavy (non-hydrogen) atoms. The predicted octanol–water partition coefficient (Wildman–Crippen LogP) is 3.22. The van der Waals surface area contributed by atoms with Gasteiger partial charge in [-0.05, 0) is 37.3 Å². The number of hydrogen-bond donors (Lipinski definition) is 1. The van der Waals surface area contributed by atoms with E-state index in [0.717, 1.165) is 16.3 Å². The molecule has 0 spiro atoms. The number of sulfonamides is 1. The van der Waals surface area contributed by atoms with Crippen LogP contribution in [-0.2, 0) is 14.8 Å². The van der Waals surface area contributed by atoms with E-state index in [1.807, 2.05) is 30.5 Å². The van der Waals surface area contributed by atoms with Gasteiger partial charge in [-0.1, -0.05) is 18.2 Å². The molecule has 2 amide bonds. The summed E-state index contributed by atoms with van der Waals surface area (Å²) in [6.45, 7) is 4.56. The molecule has 1 aliphatic rings. The van der Waals surface area contributed by atoms with Crippen molar-refractivity contribution in [2.75, 3.05) is 31.5 Å². The van der Waals surface area contributed by atoms with Crippen molar-refractivity contribution in [2.24, 2.45) is 0 Å². The summed E-state index contributed by atoms with van der Waals surface area (Å²) < 4.78 is 27.5. The molecule has 2 aromatic carbocycles. The van der Waals surface area contributed by atoms with Gasteiger partial charge in [0.2, 0.25) is 15.9 Å². The zero-order chi connectivity index (χ0) is 23.6. The van der Waals surface area contributed by atoms with Crippen LogP contribution in [0.15, 0.2) is 58.8 Å². The van der Waals surface area contributed by atoms with Gasteiger partial charge in [0, 0.05) is 55.3 Å². The van der Waals surface area contributed by atoms with Gasteiger partial charge in [-0.15, -0.1) is 11.3 Å². The van der Waals surface area contributed by atoms with Gasteiger partial charge in [0.05, 0.1) is 15.6 Å². The van der Waals surface area contributed by atoms with Crippen LogP contribution in [0.3, 0.4) is 0 Å². The molecule has 8 nitrogen and oxygen atoms in total. The summed E-state index contributed by atoms with van der Waals surface area (Å²) in [4.78, 5) is 30.5. The standard InChI is InChI=1S/C23H24N4O4S2/c1-16-24-22(15-32-16)18-5-3-7-20(13-18)25-23(29)19-6-4-8-21(14-19)33(30,31)27-11-9-26(10-12-27)17(2)28/h3-8,13-15H,9-12H2,1-2H3,(H,25,29). The molecule has 4 rings (SSSR count). The number of rotatable bonds is 5. The monoisotopic (exact) mass is 484 g/mol. The van der Waals surface area contributed by atoms with Crippen molar-refractivity contribution in [3.63, 3.8) is 0 Å². The summed E-state index contributed by atoms with van der Waals surface area (Å²) in [5, 5.41) is 5.75. The fourth-order valence-electron chi connectivity index (χ4n) is 3.65. The predicted molar refractivity (Wildman–Crippen MR) is 128 cm³/mol. The van der Waals surface area contributed by atoms with Crippen LogP contribution >= 0.6 is 11.3 Å². The molecule has 2 heterocycles. The number of benzene rings is 2. The van der Waals surface area contributed by atoms with Crippen molar-refractivity contribution >= 4 is 38.9 Å². The van der Waals surface area contributed by atoms with Crippen LogP contribution in [0.5, 0.6) is 0 Å². The van der Waals surface area contributed by atoms with Crippen molar-refractivity contribution in [3.8, 4) is 11.3 Å². The van der Waals surface area contributed by atoms with Crippen LogP contribution in [0.25, 0.3) is 11.3 Å². The van der Waals surface area contributed by atoms with E-state index >= 15 is 0 Å². The second-order valence-electron chi connectivity index (χ2n) is 7.72. The Morgan fingerprint density at radius 2 is 1.76 bits per heavy atom. The van der Waals surface area contributed by atoms with Crippen molar-refractivity contribution in [1.29, 1.82) is 0 Å². The molecule has 0 radical (unpaired) electrons. The van der Waals surface area contributed by atoms with Crippen LogP contribution in [0.4, 0.5) is 5.69 Å². The van der Waals surface area contributed by atoms with Gasteiger partial charge in [-0.25, -0.2) is 13.4 Å². The first-order valence-electron chi connectivity index (χ1n) is 10.4. The molecule has 1 aromatic heterocycles. The number of piperazine rings is 1. The van der Waals surface area contributed by atoms with Crippen LogP contribution in [-0.4, -0.2) is 60.6 Å². The topological polar surface area (TPSA) is 99.7 Å². The Labute approximate surface area is 196 Å². The Hall–Kier alpha value is -3.08. The lowest BCUT2D eigenvalue weighted by molar-refractivity contribution is -0.129. The average Bonchev–Trinajstić information content (AvgIpc) is 3.25. The van der Waals surface area contributed by atoms with Gasteiger partial charge in [0.15, 0.2) is 0 Å². The van der Waals surface area contributed by atoms with E-state index < -0.39 is 15.9 Å². The van der Waals surface area contributed by atoms with Gasteiger partial charge in [-0.2, -0.15) is 4.31 Å². The first-order valence-corrected chi connectivity index (χ1v) is 12.8. The lowest BCUT2D eigenvalue weighted by Crippen LogP contribution is -2.49. The SMILES string of the molecule is CC(=O)N1CCN(S(=O)(=O)c2cccc(C(=O)Nc3cccc(-c4csc(C)n4)c3)c2)CC1. The third-order valence-corrected chi connectivity index (χ3v) is 8.12. The number of nitrogens with zero attached hydrogens (tertiary/aromatic N) is 3. The van der Waals surface area contributed by atoms with Crippen molar-refractivity contribution in [1.82, 2.24) is 14.2 Å².